The summed E-state index contributed by atoms with van der Waals surface area (Å²) < 4.78 is 22.5. The molecule has 39 heavy (non-hydrogen) atoms. The molecule has 0 saturated carbocycles. The lowest BCUT2D eigenvalue weighted by atomic mass is 9.94. The first kappa shape index (κ1) is 25.9. The summed E-state index contributed by atoms with van der Waals surface area (Å²) >= 11 is 0. The molecule has 1 aliphatic heterocycles. The quantitative estimate of drug-likeness (QED) is 0.259. The maximum Gasteiger partial charge on any atom is 0.294 e. The van der Waals surface area contributed by atoms with E-state index in [2.05, 4.69) is 0 Å². The molecule has 8 nitrogen and oxygen atoms in total. The van der Waals surface area contributed by atoms with Crippen molar-refractivity contribution >= 4 is 28.3 Å². The number of aliphatic hydroxyl groups excluding tert-OH is 1. The number of hydrogen-bond donors (Lipinski definition) is 1. The minimum atomic E-state index is -0.947. The lowest BCUT2D eigenvalue weighted by Crippen LogP contribution is -2.31. The minimum Gasteiger partial charge on any atom is -0.503 e. The second kappa shape index (κ2) is 10.6. The monoisotopic (exact) mass is 527 g/mol. The van der Waals surface area contributed by atoms with Gasteiger partial charge < -0.3 is 23.7 Å². The number of benzene rings is 3. The van der Waals surface area contributed by atoms with E-state index < -0.39 is 23.5 Å². The molecule has 1 atom stereocenters. The number of rotatable bonds is 9. The first-order chi connectivity index (χ1) is 18.9. The maximum absolute atomic E-state index is 14.0. The molecule has 1 N–H and O–H groups in total. The van der Waals surface area contributed by atoms with Crippen molar-refractivity contribution in [1.82, 2.24) is 0 Å². The molecule has 0 bridgehead atoms. The van der Waals surface area contributed by atoms with E-state index in [1.165, 1.54) is 19.1 Å². The Morgan fingerprint density at radius 2 is 1.69 bits per heavy atom. The van der Waals surface area contributed by atoms with E-state index in [1.54, 1.807) is 42.5 Å². The Bertz CT molecular complexity index is 1580. The Labute approximate surface area is 226 Å². The number of Topliss-reactive ketones (excluding diaryl/α,β-unsaturated/α-hetero) is 1. The summed E-state index contributed by atoms with van der Waals surface area (Å²) in [6.07, 6.45) is 0.830. The number of hydrogen-bond acceptors (Lipinski definition) is 7. The van der Waals surface area contributed by atoms with Crippen LogP contribution >= 0.6 is 0 Å². The summed E-state index contributed by atoms with van der Waals surface area (Å²) in [5, 5.41) is 11.8. The third-order valence-corrected chi connectivity index (χ3v) is 6.83. The van der Waals surface area contributed by atoms with E-state index >= 15 is 0 Å². The van der Waals surface area contributed by atoms with Crippen molar-refractivity contribution in [1.29, 1.82) is 0 Å². The number of carbonyl (C=O) groups is 2. The lowest BCUT2D eigenvalue weighted by molar-refractivity contribution is -0.117. The summed E-state index contributed by atoms with van der Waals surface area (Å²) in [6.45, 7) is 4.28. The number of ketones is 1. The van der Waals surface area contributed by atoms with Crippen molar-refractivity contribution in [3.8, 4) is 17.2 Å². The number of aliphatic hydroxyl groups is 1. The predicted molar refractivity (Wildman–Crippen MR) is 147 cm³/mol. The fraction of sp³-hybridized carbons (Fsp3) is 0.226. The molecule has 1 aliphatic rings. The summed E-state index contributed by atoms with van der Waals surface area (Å²) in [6, 6.07) is 18.6. The van der Waals surface area contributed by atoms with Crippen LogP contribution in [0.2, 0.25) is 0 Å². The smallest absolute Gasteiger partial charge is 0.294 e. The maximum atomic E-state index is 14.0. The van der Waals surface area contributed by atoms with Gasteiger partial charge in [0.1, 0.15) is 0 Å². The van der Waals surface area contributed by atoms with Gasteiger partial charge in [-0.05, 0) is 60.9 Å². The van der Waals surface area contributed by atoms with Crippen LogP contribution in [0.5, 0.6) is 17.2 Å². The van der Waals surface area contributed by atoms with Crippen molar-refractivity contribution in [3.05, 3.63) is 94.9 Å². The molecular weight excluding hydrogens is 498 g/mol. The van der Waals surface area contributed by atoms with E-state index in [-0.39, 0.29) is 11.3 Å². The highest BCUT2D eigenvalue weighted by Gasteiger charge is 2.45. The SMILES string of the molecule is CCOc1cc(C2C(C(=O)c3cc4cccc(OC)c4o3)=C(O)C(=O)N2c2ccc(CC)cc2)ccc1OC. The van der Waals surface area contributed by atoms with E-state index in [4.69, 9.17) is 18.6 Å². The molecule has 0 saturated heterocycles. The van der Waals surface area contributed by atoms with Crippen molar-refractivity contribution in [2.24, 2.45) is 0 Å². The van der Waals surface area contributed by atoms with Crippen molar-refractivity contribution in [2.45, 2.75) is 26.3 Å². The third kappa shape index (κ3) is 4.48. The molecule has 0 aliphatic carbocycles. The molecule has 1 aromatic heterocycles. The zero-order valence-electron chi connectivity index (χ0n) is 22.2. The second-order valence-corrected chi connectivity index (χ2v) is 9.02. The zero-order valence-corrected chi connectivity index (χ0v) is 22.2. The highest BCUT2D eigenvalue weighted by molar-refractivity contribution is 6.20. The number of furan rings is 1. The molecule has 0 radical (unpaired) electrons. The number of ether oxygens (including phenoxy) is 3. The average molecular weight is 528 g/mol. The Hall–Kier alpha value is -4.72. The zero-order chi connectivity index (χ0) is 27.7. The largest absolute Gasteiger partial charge is 0.503 e. The number of methoxy groups -OCH3 is 2. The van der Waals surface area contributed by atoms with Crippen LogP contribution in [0.15, 0.2) is 82.5 Å². The van der Waals surface area contributed by atoms with Gasteiger partial charge in [0.05, 0.1) is 32.4 Å². The molecule has 200 valence electrons. The number of nitrogens with zero attached hydrogens (tertiary/aromatic N) is 1. The van der Waals surface area contributed by atoms with Gasteiger partial charge in [0.2, 0.25) is 5.78 Å². The van der Waals surface area contributed by atoms with Crippen LogP contribution < -0.4 is 19.1 Å². The van der Waals surface area contributed by atoms with Gasteiger partial charge >= 0.3 is 0 Å². The molecule has 5 rings (SSSR count). The Morgan fingerprint density at radius 1 is 0.949 bits per heavy atom. The number of para-hydroxylation sites is 1. The Kier molecular flexibility index (Phi) is 7.02. The predicted octanol–water partition coefficient (Wildman–Crippen LogP) is 6.19. The highest BCUT2D eigenvalue weighted by atomic mass is 16.5. The fourth-order valence-electron chi connectivity index (χ4n) is 4.88. The standard InChI is InChI=1S/C31H29NO7/c1-5-18-10-13-21(14-11-18)32-27(19-12-15-22(36-3)24(16-19)38-6-2)26(29(34)31(32)35)28(33)25-17-20-8-7-9-23(37-4)30(20)39-25/h7-17,27,34H,5-6H2,1-4H3. The van der Waals surface area contributed by atoms with Gasteiger partial charge in [-0.2, -0.15) is 0 Å². The van der Waals surface area contributed by atoms with Crippen molar-refractivity contribution in [2.75, 3.05) is 25.7 Å². The molecular formula is C31H29NO7. The summed E-state index contributed by atoms with van der Waals surface area (Å²) in [5.74, 6) is -0.507. The molecule has 4 aromatic rings. The molecule has 1 amide bonds. The van der Waals surface area contributed by atoms with Crippen LogP contribution in [0.25, 0.3) is 11.0 Å². The Morgan fingerprint density at radius 3 is 2.36 bits per heavy atom. The van der Waals surface area contributed by atoms with E-state index in [0.717, 1.165) is 12.0 Å². The van der Waals surface area contributed by atoms with Gasteiger partial charge in [0.15, 0.2) is 34.4 Å². The van der Waals surface area contributed by atoms with Crippen LogP contribution in [0, 0.1) is 0 Å². The lowest BCUT2D eigenvalue weighted by Gasteiger charge is -2.27. The number of aryl methyl sites for hydroxylation is 1. The number of carbonyl (C=O) groups excluding carboxylic acids is 2. The van der Waals surface area contributed by atoms with Gasteiger partial charge in [0, 0.05) is 11.1 Å². The second-order valence-electron chi connectivity index (χ2n) is 9.02. The normalized spacial score (nSPS) is 15.2. The number of fused-ring (bicyclic) bond motifs is 1. The van der Waals surface area contributed by atoms with Gasteiger partial charge in [-0.1, -0.05) is 37.3 Å². The van der Waals surface area contributed by atoms with Gasteiger partial charge in [-0.15, -0.1) is 0 Å². The molecule has 3 aromatic carbocycles. The molecule has 0 fully saturated rings. The topological polar surface area (TPSA) is 98.4 Å². The average Bonchev–Trinajstić information content (AvgIpc) is 3.52. The van der Waals surface area contributed by atoms with Gasteiger partial charge in [-0.25, -0.2) is 0 Å². The van der Waals surface area contributed by atoms with E-state index in [0.29, 0.717) is 46.1 Å². The van der Waals surface area contributed by atoms with Gasteiger partial charge in [0.25, 0.3) is 5.91 Å². The van der Waals surface area contributed by atoms with Crippen LogP contribution in [-0.2, 0) is 11.2 Å². The van der Waals surface area contributed by atoms with Crippen molar-refractivity contribution in [3.63, 3.8) is 0 Å². The summed E-state index contributed by atoms with van der Waals surface area (Å²) in [4.78, 5) is 29.0. The first-order valence-corrected chi connectivity index (χ1v) is 12.7. The summed E-state index contributed by atoms with van der Waals surface area (Å²) in [5.41, 5.74) is 2.50. The van der Waals surface area contributed by atoms with Crippen molar-refractivity contribution < 1.29 is 33.3 Å². The minimum absolute atomic E-state index is 0.0180. The molecule has 2 heterocycles. The number of amides is 1. The highest BCUT2D eigenvalue weighted by Crippen LogP contribution is 2.44. The molecule has 0 spiro atoms. The molecule has 8 heteroatoms. The first-order valence-electron chi connectivity index (χ1n) is 12.7. The van der Waals surface area contributed by atoms with E-state index in [9.17, 15) is 14.7 Å². The number of anilines is 1. The van der Waals surface area contributed by atoms with Crippen LogP contribution in [-0.4, -0.2) is 37.6 Å². The van der Waals surface area contributed by atoms with E-state index in [1.807, 2.05) is 38.1 Å². The van der Waals surface area contributed by atoms with Gasteiger partial charge in [-0.3, -0.25) is 14.5 Å². The van der Waals surface area contributed by atoms with Crippen LogP contribution in [0.1, 0.15) is 41.6 Å². The third-order valence-electron chi connectivity index (χ3n) is 6.83. The van der Waals surface area contributed by atoms with Crippen LogP contribution in [0.4, 0.5) is 5.69 Å². The Balaban J connectivity index is 1.67. The summed E-state index contributed by atoms with van der Waals surface area (Å²) in [7, 11) is 3.05. The van der Waals surface area contributed by atoms with Crippen LogP contribution in [0.3, 0.4) is 0 Å². The molecule has 1 unspecified atom stereocenters. The fourth-order valence-corrected chi connectivity index (χ4v) is 4.88.